The Morgan fingerprint density at radius 3 is 2.53 bits per heavy atom. The minimum atomic E-state index is -1.25. The first kappa shape index (κ1) is 19.5. The maximum absolute atomic E-state index is 13.1. The maximum atomic E-state index is 13.1. The van der Waals surface area contributed by atoms with Crippen molar-refractivity contribution in [2.24, 2.45) is 0 Å². The molecular formula is C24H29N3O3. The number of carboxylic acids is 1. The molecule has 2 saturated heterocycles. The van der Waals surface area contributed by atoms with E-state index in [0.29, 0.717) is 23.6 Å². The first-order chi connectivity index (χ1) is 14.6. The molecule has 0 spiro atoms. The second-order valence-corrected chi connectivity index (χ2v) is 9.02. The van der Waals surface area contributed by atoms with E-state index in [0.717, 1.165) is 31.2 Å². The van der Waals surface area contributed by atoms with Crippen molar-refractivity contribution in [3.05, 3.63) is 52.5 Å². The van der Waals surface area contributed by atoms with E-state index in [2.05, 4.69) is 22.0 Å². The lowest BCUT2D eigenvalue weighted by molar-refractivity contribution is 0.0680. The predicted octanol–water partition coefficient (Wildman–Crippen LogP) is 4.15. The molecule has 3 heterocycles. The van der Waals surface area contributed by atoms with Crippen molar-refractivity contribution in [2.75, 3.05) is 0 Å². The molecule has 0 amide bonds. The fraction of sp³-hybridized carbons (Fsp3) is 0.542. The molecule has 2 fully saturated rings. The first-order valence-corrected chi connectivity index (χ1v) is 11.3. The fourth-order valence-electron chi connectivity index (χ4n) is 5.98. The molecule has 2 aliphatic heterocycles. The molecule has 30 heavy (non-hydrogen) atoms. The van der Waals surface area contributed by atoms with Crippen LogP contribution in [-0.2, 0) is 0 Å². The minimum absolute atomic E-state index is 0.0229. The number of carboxylic acid groups (broad SMARTS) is 1. The average Bonchev–Trinajstić information content (AvgIpc) is 2.96. The largest absolute Gasteiger partial charge is 0.476 e. The van der Waals surface area contributed by atoms with Gasteiger partial charge in [0.05, 0.1) is 11.0 Å². The summed E-state index contributed by atoms with van der Waals surface area (Å²) in [5.74, 6) is -1.25. The number of benzene rings is 1. The lowest BCUT2D eigenvalue weighted by atomic mass is 9.92. The summed E-state index contributed by atoms with van der Waals surface area (Å²) in [6, 6.07) is 8.85. The number of carbonyl (C=O) groups is 1. The van der Waals surface area contributed by atoms with Gasteiger partial charge in [-0.1, -0.05) is 37.1 Å². The number of nitrogens with zero attached hydrogens (tertiary/aromatic N) is 3. The van der Waals surface area contributed by atoms with Crippen molar-refractivity contribution in [1.82, 2.24) is 14.5 Å². The van der Waals surface area contributed by atoms with E-state index in [1.807, 2.05) is 18.2 Å². The van der Waals surface area contributed by atoms with Gasteiger partial charge in [-0.15, -0.1) is 0 Å². The smallest absolute Gasteiger partial charge is 0.360 e. The summed E-state index contributed by atoms with van der Waals surface area (Å²) < 4.78 is 1.74. The van der Waals surface area contributed by atoms with Crippen LogP contribution < -0.4 is 5.56 Å². The van der Waals surface area contributed by atoms with Gasteiger partial charge < -0.3 is 9.67 Å². The summed E-state index contributed by atoms with van der Waals surface area (Å²) in [5.41, 5.74) is 0.486. The Bertz CT molecular complexity index is 1030. The molecule has 158 valence electrons. The molecule has 3 atom stereocenters. The molecule has 3 unspecified atom stereocenters. The molecule has 1 aliphatic carbocycles. The molecule has 0 saturated carbocycles. The van der Waals surface area contributed by atoms with E-state index in [-0.39, 0.29) is 11.7 Å². The normalized spacial score (nSPS) is 29.6. The zero-order valence-electron chi connectivity index (χ0n) is 17.2. The van der Waals surface area contributed by atoms with E-state index < -0.39 is 11.5 Å². The Morgan fingerprint density at radius 2 is 1.77 bits per heavy atom. The lowest BCUT2D eigenvalue weighted by Gasteiger charge is -2.43. The summed E-state index contributed by atoms with van der Waals surface area (Å²) in [7, 11) is 0. The van der Waals surface area contributed by atoms with Gasteiger partial charge >= 0.3 is 5.97 Å². The van der Waals surface area contributed by atoms with Crippen LogP contribution in [0.2, 0.25) is 0 Å². The topological polar surface area (TPSA) is 75.4 Å². The van der Waals surface area contributed by atoms with Crippen LogP contribution in [0, 0.1) is 0 Å². The Morgan fingerprint density at radius 1 is 1.00 bits per heavy atom. The second kappa shape index (κ2) is 7.99. The van der Waals surface area contributed by atoms with Crippen LogP contribution in [0.25, 0.3) is 11.0 Å². The molecule has 1 aromatic carbocycles. The SMILES string of the molecule is O=C(O)c1nc2ccccc2n(C2CC3CCC(C2)N3C2C=CCCCCC2)c1=O. The van der Waals surface area contributed by atoms with Gasteiger partial charge in [0.15, 0.2) is 0 Å². The van der Waals surface area contributed by atoms with E-state index in [4.69, 9.17) is 0 Å². The quantitative estimate of drug-likeness (QED) is 0.774. The number of allylic oxidation sites excluding steroid dienone is 1. The third-order valence-electron chi connectivity index (χ3n) is 7.24. The van der Waals surface area contributed by atoms with Crippen molar-refractivity contribution in [1.29, 1.82) is 0 Å². The summed E-state index contributed by atoms with van der Waals surface area (Å²) in [4.78, 5) is 31.6. The molecule has 2 aromatic rings. The Kier molecular flexibility index (Phi) is 5.19. The third kappa shape index (κ3) is 3.37. The van der Waals surface area contributed by atoms with Crippen LogP contribution in [0.15, 0.2) is 41.2 Å². The highest BCUT2D eigenvalue weighted by molar-refractivity contribution is 5.88. The van der Waals surface area contributed by atoms with Gasteiger partial charge in [0, 0.05) is 24.2 Å². The van der Waals surface area contributed by atoms with E-state index in [9.17, 15) is 14.7 Å². The third-order valence-corrected chi connectivity index (χ3v) is 7.24. The van der Waals surface area contributed by atoms with Crippen molar-refractivity contribution >= 4 is 17.0 Å². The van der Waals surface area contributed by atoms with E-state index >= 15 is 0 Å². The average molecular weight is 408 g/mol. The predicted molar refractivity (Wildman–Crippen MR) is 116 cm³/mol. The summed E-state index contributed by atoms with van der Waals surface area (Å²) in [6.07, 6.45) is 15.2. The molecular weight excluding hydrogens is 378 g/mol. The van der Waals surface area contributed by atoms with Crippen LogP contribution in [0.1, 0.15) is 74.3 Å². The van der Waals surface area contributed by atoms with Gasteiger partial charge in [0.1, 0.15) is 0 Å². The van der Waals surface area contributed by atoms with Crippen LogP contribution in [0.3, 0.4) is 0 Å². The zero-order valence-corrected chi connectivity index (χ0v) is 17.2. The molecule has 6 heteroatoms. The van der Waals surface area contributed by atoms with Crippen LogP contribution in [0.4, 0.5) is 0 Å². The number of aromatic nitrogens is 2. The Labute approximate surface area is 176 Å². The van der Waals surface area contributed by atoms with E-state index in [1.165, 1.54) is 32.1 Å². The maximum Gasteiger partial charge on any atom is 0.360 e. The minimum Gasteiger partial charge on any atom is -0.476 e. The standard InChI is InChI=1S/C24H29N3O3/c28-23-22(24(29)30)25-20-10-6-7-11-21(20)27(23)19-14-17-12-13-18(15-19)26(17)16-8-4-2-1-3-5-9-16/h4,6-8,10-11,16-19H,1-3,5,9,12-15H2,(H,29,30). The summed E-state index contributed by atoms with van der Waals surface area (Å²) in [6.45, 7) is 0. The van der Waals surface area contributed by atoms with E-state index in [1.54, 1.807) is 10.6 Å². The molecule has 5 rings (SSSR count). The van der Waals surface area contributed by atoms with Gasteiger partial charge in [0.2, 0.25) is 5.69 Å². The Hall–Kier alpha value is -2.47. The van der Waals surface area contributed by atoms with Gasteiger partial charge in [0.25, 0.3) is 5.56 Å². The molecule has 0 radical (unpaired) electrons. The number of piperidine rings is 1. The van der Waals surface area contributed by atoms with Crippen LogP contribution in [-0.4, -0.2) is 43.7 Å². The highest BCUT2D eigenvalue weighted by atomic mass is 16.4. The van der Waals surface area contributed by atoms with Crippen molar-refractivity contribution < 1.29 is 9.90 Å². The van der Waals surface area contributed by atoms with Gasteiger partial charge in [-0.25, -0.2) is 9.78 Å². The molecule has 3 aliphatic rings. The van der Waals surface area contributed by atoms with Gasteiger partial charge in [-0.05, 0) is 57.1 Å². The van der Waals surface area contributed by atoms with Crippen molar-refractivity contribution in [2.45, 2.75) is 82.0 Å². The lowest BCUT2D eigenvalue weighted by Crippen LogP contribution is -2.49. The first-order valence-electron chi connectivity index (χ1n) is 11.3. The van der Waals surface area contributed by atoms with Crippen molar-refractivity contribution in [3.8, 4) is 0 Å². The van der Waals surface area contributed by atoms with Crippen molar-refractivity contribution in [3.63, 3.8) is 0 Å². The monoisotopic (exact) mass is 407 g/mol. The highest BCUT2D eigenvalue weighted by Gasteiger charge is 2.44. The number of para-hydroxylation sites is 2. The number of rotatable bonds is 3. The molecule has 1 aromatic heterocycles. The highest BCUT2D eigenvalue weighted by Crippen LogP contribution is 2.43. The fourth-order valence-corrected chi connectivity index (χ4v) is 5.98. The number of fused-ring (bicyclic) bond motifs is 3. The van der Waals surface area contributed by atoms with Gasteiger partial charge in [-0.2, -0.15) is 0 Å². The number of hydrogen-bond donors (Lipinski definition) is 1. The zero-order chi connectivity index (χ0) is 20.7. The Balaban J connectivity index is 1.50. The summed E-state index contributed by atoms with van der Waals surface area (Å²) in [5, 5.41) is 9.53. The molecule has 1 N–H and O–H groups in total. The number of aromatic carboxylic acids is 1. The molecule has 6 nitrogen and oxygen atoms in total. The summed E-state index contributed by atoms with van der Waals surface area (Å²) >= 11 is 0. The number of hydrogen-bond acceptors (Lipinski definition) is 4. The van der Waals surface area contributed by atoms with Crippen LogP contribution >= 0.6 is 0 Å². The van der Waals surface area contributed by atoms with Gasteiger partial charge in [-0.3, -0.25) is 9.69 Å². The van der Waals surface area contributed by atoms with Crippen LogP contribution in [0.5, 0.6) is 0 Å². The second-order valence-electron chi connectivity index (χ2n) is 9.02. The molecule has 2 bridgehead atoms.